The number of nitrogens with one attached hydrogen (secondary N) is 1. The summed E-state index contributed by atoms with van der Waals surface area (Å²) in [6, 6.07) is 5.80. The first-order chi connectivity index (χ1) is 10.6. The van der Waals surface area contributed by atoms with Gasteiger partial charge in [-0.25, -0.2) is 0 Å². The second-order valence-corrected chi connectivity index (χ2v) is 5.21. The minimum absolute atomic E-state index is 0.0754. The third-order valence-corrected chi connectivity index (χ3v) is 3.08. The van der Waals surface area contributed by atoms with Gasteiger partial charge < -0.3 is 19.9 Å². The Morgan fingerprint density at radius 3 is 2.86 bits per heavy atom. The maximum Gasteiger partial charge on any atom is 0.128 e. The lowest BCUT2D eigenvalue weighted by Gasteiger charge is -2.16. The fourth-order valence-corrected chi connectivity index (χ4v) is 2.05. The van der Waals surface area contributed by atoms with Gasteiger partial charge in [-0.1, -0.05) is 0 Å². The number of aliphatic hydroxyl groups excluding tert-OH is 1. The van der Waals surface area contributed by atoms with E-state index in [1.807, 2.05) is 38.2 Å². The maximum absolute atomic E-state index is 8.90. The molecule has 0 saturated carbocycles. The molecule has 2 N–H and O–H groups in total. The first-order valence-corrected chi connectivity index (χ1v) is 7.33. The Labute approximate surface area is 130 Å². The van der Waals surface area contributed by atoms with Crippen LogP contribution < -0.4 is 14.8 Å². The highest BCUT2D eigenvalue weighted by Crippen LogP contribution is 2.26. The van der Waals surface area contributed by atoms with Crippen LogP contribution in [-0.4, -0.2) is 34.7 Å². The van der Waals surface area contributed by atoms with Crippen molar-refractivity contribution in [3.63, 3.8) is 0 Å². The zero-order chi connectivity index (χ0) is 15.9. The summed E-state index contributed by atoms with van der Waals surface area (Å²) in [5.41, 5.74) is 1.95. The van der Waals surface area contributed by atoms with Crippen molar-refractivity contribution in [2.75, 3.05) is 19.0 Å². The molecule has 0 aliphatic heterocycles. The molecule has 120 valence electrons. The molecule has 0 spiro atoms. The second kappa shape index (κ2) is 7.70. The van der Waals surface area contributed by atoms with E-state index >= 15 is 0 Å². The van der Waals surface area contributed by atoms with Crippen molar-refractivity contribution >= 4 is 5.69 Å². The van der Waals surface area contributed by atoms with E-state index in [9.17, 15) is 0 Å². The van der Waals surface area contributed by atoms with Gasteiger partial charge in [-0.2, -0.15) is 5.10 Å². The van der Waals surface area contributed by atoms with Crippen LogP contribution in [0.3, 0.4) is 0 Å². The smallest absolute Gasteiger partial charge is 0.128 e. The average molecular weight is 305 g/mol. The second-order valence-electron chi connectivity index (χ2n) is 5.21. The van der Waals surface area contributed by atoms with Crippen LogP contribution in [0, 0.1) is 0 Å². The molecular weight excluding hydrogens is 282 g/mol. The monoisotopic (exact) mass is 305 g/mol. The molecule has 1 aromatic carbocycles. The van der Waals surface area contributed by atoms with Gasteiger partial charge in [0.2, 0.25) is 0 Å². The molecule has 0 radical (unpaired) electrons. The van der Waals surface area contributed by atoms with Crippen molar-refractivity contribution < 1.29 is 14.6 Å². The zero-order valence-electron chi connectivity index (χ0n) is 13.2. The van der Waals surface area contributed by atoms with E-state index in [1.54, 1.807) is 18.0 Å². The van der Waals surface area contributed by atoms with E-state index in [0.717, 1.165) is 22.7 Å². The zero-order valence-corrected chi connectivity index (χ0v) is 13.2. The molecule has 6 heteroatoms. The van der Waals surface area contributed by atoms with Gasteiger partial charge in [0.05, 0.1) is 38.2 Å². The number of nitrogens with zero attached hydrogens (tertiary/aromatic N) is 2. The average Bonchev–Trinajstić information content (AvgIpc) is 2.93. The third kappa shape index (κ3) is 4.39. The molecule has 1 aromatic heterocycles. The van der Waals surface area contributed by atoms with Crippen LogP contribution >= 0.6 is 0 Å². The molecule has 0 fully saturated rings. The number of methoxy groups -OCH3 is 1. The summed E-state index contributed by atoms with van der Waals surface area (Å²) in [4.78, 5) is 0. The van der Waals surface area contributed by atoms with Crippen molar-refractivity contribution in [2.45, 2.75) is 33.0 Å². The Hall–Kier alpha value is -2.21. The first-order valence-electron chi connectivity index (χ1n) is 7.33. The quantitative estimate of drug-likeness (QED) is 0.783. The van der Waals surface area contributed by atoms with Gasteiger partial charge in [-0.05, 0) is 26.0 Å². The predicted octanol–water partition coefficient (Wildman–Crippen LogP) is 2.28. The third-order valence-electron chi connectivity index (χ3n) is 3.08. The van der Waals surface area contributed by atoms with E-state index in [-0.39, 0.29) is 12.7 Å². The van der Waals surface area contributed by atoms with E-state index in [2.05, 4.69) is 10.4 Å². The normalized spacial score (nSPS) is 10.8. The number of rotatable bonds is 8. The van der Waals surface area contributed by atoms with E-state index < -0.39 is 0 Å². The fraction of sp³-hybridized carbons (Fsp3) is 0.438. The molecule has 0 bridgehead atoms. The summed E-state index contributed by atoms with van der Waals surface area (Å²) in [5.74, 6) is 1.58. The molecule has 0 saturated heterocycles. The number of hydrogen-bond acceptors (Lipinski definition) is 5. The molecule has 1 heterocycles. The van der Waals surface area contributed by atoms with Gasteiger partial charge in [-0.3, -0.25) is 4.68 Å². The minimum atomic E-state index is 0.0754. The van der Waals surface area contributed by atoms with Crippen molar-refractivity contribution in [1.82, 2.24) is 9.78 Å². The molecule has 0 atom stereocenters. The highest BCUT2D eigenvalue weighted by Gasteiger charge is 2.08. The number of aliphatic hydroxyl groups is 1. The molecule has 0 amide bonds. The molecule has 2 rings (SSSR count). The van der Waals surface area contributed by atoms with Crippen LogP contribution in [0.25, 0.3) is 0 Å². The van der Waals surface area contributed by atoms with Gasteiger partial charge in [0.25, 0.3) is 0 Å². The number of aromatic nitrogens is 2. The van der Waals surface area contributed by atoms with Crippen LogP contribution in [0.2, 0.25) is 0 Å². The first kappa shape index (κ1) is 16.2. The van der Waals surface area contributed by atoms with Gasteiger partial charge in [0.1, 0.15) is 11.5 Å². The molecule has 0 aliphatic carbocycles. The van der Waals surface area contributed by atoms with Gasteiger partial charge in [-0.15, -0.1) is 0 Å². The summed E-state index contributed by atoms with van der Waals surface area (Å²) >= 11 is 0. The van der Waals surface area contributed by atoms with Crippen LogP contribution in [0.4, 0.5) is 5.69 Å². The number of ether oxygens (including phenoxy) is 2. The summed E-state index contributed by atoms with van der Waals surface area (Å²) < 4.78 is 12.8. The Kier molecular flexibility index (Phi) is 5.66. The largest absolute Gasteiger partial charge is 0.497 e. The lowest BCUT2D eigenvalue weighted by Crippen LogP contribution is -2.09. The molecule has 0 aliphatic rings. The van der Waals surface area contributed by atoms with Crippen molar-refractivity contribution in [2.24, 2.45) is 0 Å². The lowest BCUT2D eigenvalue weighted by atomic mass is 10.2. The fourth-order valence-electron chi connectivity index (χ4n) is 2.05. The number of benzene rings is 1. The molecule has 0 unspecified atom stereocenters. The van der Waals surface area contributed by atoms with Crippen molar-refractivity contribution in [3.8, 4) is 11.5 Å². The predicted molar refractivity (Wildman–Crippen MR) is 85.4 cm³/mol. The van der Waals surface area contributed by atoms with Gasteiger partial charge in [0, 0.05) is 24.4 Å². The summed E-state index contributed by atoms with van der Waals surface area (Å²) in [6.45, 7) is 5.18. The van der Waals surface area contributed by atoms with Crippen LogP contribution in [0.1, 0.15) is 19.4 Å². The molecular formula is C16H23N3O3. The highest BCUT2D eigenvalue weighted by molar-refractivity contribution is 5.45. The Balaban J connectivity index is 2.07. The van der Waals surface area contributed by atoms with Crippen LogP contribution in [0.15, 0.2) is 30.6 Å². The van der Waals surface area contributed by atoms with E-state index in [4.69, 9.17) is 14.6 Å². The van der Waals surface area contributed by atoms with Crippen LogP contribution in [0.5, 0.6) is 11.5 Å². The number of hydrogen-bond donors (Lipinski definition) is 2. The Bertz CT molecular complexity index is 596. The number of anilines is 1. The lowest BCUT2D eigenvalue weighted by molar-refractivity contribution is 0.239. The summed E-state index contributed by atoms with van der Waals surface area (Å²) in [5, 5.41) is 16.4. The van der Waals surface area contributed by atoms with E-state index in [1.165, 1.54) is 0 Å². The summed E-state index contributed by atoms with van der Waals surface area (Å²) in [6.07, 6.45) is 3.70. The topological polar surface area (TPSA) is 68.5 Å². The molecule has 6 nitrogen and oxygen atoms in total. The van der Waals surface area contributed by atoms with E-state index in [0.29, 0.717) is 13.1 Å². The summed E-state index contributed by atoms with van der Waals surface area (Å²) in [7, 11) is 1.64. The Morgan fingerprint density at radius 1 is 1.36 bits per heavy atom. The van der Waals surface area contributed by atoms with Crippen LogP contribution in [-0.2, 0) is 13.1 Å². The van der Waals surface area contributed by atoms with Gasteiger partial charge in [0.15, 0.2) is 0 Å². The standard InChI is InChI=1S/C16H23N3O3/c1-12(2)22-16-8-15(21-3)5-4-13(16)9-17-14-10-18-19(11-14)6-7-20/h4-5,8,10-12,17,20H,6-7,9H2,1-3H3. The highest BCUT2D eigenvalue weighted by atomic mass is 16.5. The molecule has 22 heavy (non-hydrogen) atoms. The van der Waals surface area contributed by atoms with Crippen molar-refractivity contribution in [1.29, 1.82) is 0 Å². The Morgan fingerprint density at radius 2 is 2.18 bits per heavy atom. The maximum atomic E-state index is 8.90. The van der Waals surface area contributed by atoms with Crippen molar-refractivity contribution in [3.05, 3.63) is 36.2 Å². The SMILES string of the molecule is COc1ccc(CNc2cnn(CCO)c2)c(OC(C)C)c1. The van der Waals surface area contributed by atoms with Gasteiger partial charge >= 0.3 is 0 Å². The minimum Gasteiger partial charge on any atom is -0.497 e. The molecule has 2 aromatic rings.